The van der Waals surface area contributed by atoms with Gasteiger partial charge in [-0.05, 0) is 41.4 Å². The highest BCUT2D eigenvalue weighted by atomic mass is 79.9. The van der Waals surface area contributed by atoms with Crippen molar-refractivity contribution >= 4 is 27.3 Å². The van der Waals surface area contributed by atoms with E-state index in [0.29, 0.717) is 12.6 Å². The maximum atomic E-state index is 5.49. The first-order valence-corrected chi connectivity index (χ1v) is 6.01. The van der Waals surface area contributed by atoms with Gasteiger partial charge in [0.15, 0.2) is 0 Å². The average Bonchev–Trinajstić information content (AvgIpc) is 2.51. The molecule has 4 heteroatoms. The molecule has 0 aliphatic heterocycles. The predicted molar refractivity (Wildman–Crippen MR) is 62.2 cm³/mol. The van der Waals surface area contributed by atoms with Crippen molar-refractivity contribution in [3.63, 3.8) is 0 Å². The molecule has 0 bridgehead atoms. The van der Waals surface area contributed by atoms with Crippen molar-refractivity contribution in [2.24, 2.45) is 5.73 Å². The molecule has 0 fully saturated rings. The lowest BCUT2D eigenvalue weighted by atomic mass is 10.3. The third kappa shape index (κ3) is 4.22. The molecule has 1 atom stereocenters. The number of halogens is 1. The topological polar surface area (TPSA) is 38.0 Å². The first kappa shape index (κ1) is 11.2. The van der Waals surface area contributed by atoms with Crippen molar-refractivity contribution in [3.8, 4) is 0 Å². The summed E-state index contributed by atoms with van der Waals surface area (Å²) < 4.78 is 1.20. The van der Waals surface area contributed by atoms with Gasteiger partial charge >= 0.3 is 0 Å². The second-order valence-corrected chi connectivity index (χ2v) is 5.59. The molecule has 1 rings (SSSR count). The Balaban J connectivity index is 2.20. The molecule has 0 saturated heterocycles. The SMILES string of the molecule is CC(CN)NCCc1ccc(Br)s1. The number of nitrogens with one attached hydrogen (secondary N) is 1. The molecule has 1 aromatic heterocycles. The molecule has 13 heavy (non-hydrogen) atoms. The Morgan fingerprint density at radius 3 is 2.92 bits per heavy atom. The number of nitrogens with two attached hydrogens (primary N) is 1. The molecular formula is C9H15BrN2S. The Morgan fingerprint density at radius 1 is 1.62 bits per heavy atom. The van der Waals surface area contributed by atoms with Crippen LogP contribution in [0.15, 0.2) is 15.9 Å². The maximum absolute atomic E-state index is 5.49. The first-order chi connectivity index (χ1) is 6.22. The van der Waals surface area contributed by atoms with E-state index in [1.165, 1.54) is 8.66 Å². The van der Waals surface area contributed by atoms with E-state index in [1.54, 1.807) is 11.3 Å². The normalized spacial score (nSPS) is 13.2. The lowest BCUT2D eigenvalue weighted by Crippen LogP contribution is -2.34. The molecular weight excluding hydrogens is 248 g/mol. The van der Waals surface area contributed by atoms with Gasteiger partial charge in [-0.3, -0.25) is 0 Å². The van der Waals surface area contributed by atoms with Crippen LogP contribution in [0.4, 0.5) is 0 Å². The Hall–Kier alpha value is 0.1000. The predicted octanol–water partition coefficient (Wildman–Crippen LogP) is 1.99. The van der Waals surface area contributed by atoms with Crippen LogP contribution in [0.25, 0.3) is 0 Å². The summed E-state index contributed by atoms with van der Waals surface area (Å²) in [5.74, 6) is 0. The summed E-state index contributed by atoms with van der Waals surface area (Å²) in [5, 5.41) is 3.36. The molecule has 74 valence electrons. The summed E-state index contributed by atoms with van der Waals surface area (Å²) in [4.78, 5) is 1.41. The van der Waals surface area contributed by atoms with Gasteiger partial charge in [-0.25, -0.2) is 0 Å². The Kier molecular flexibility index (Phi) is 4.94. The fourth-order valence-electron chi connectivity index (χ4n) is 1.01. The molecule has 1 aromatic rings. The van der Waals surface area contributed by atoms with Crippen LogP contribution in [0.3, 0.4) is 0 Å². The standard InChI is InChI=1S/C9H15BrN2S/c1-7(6-11)12-5-4-8-2-3-9(10)13-8/h2-3,7,12H,4-6,11H2,1H3. The quantitative estimate of drug-likeness (QED) is 0.852. The summed E-state index contributed by atoms with van der Waals surface area (Å²) in [5.41, 5.74) is 5.49. The zero-order chi connectivity index (χ0) is 9.68. The second kappa shape index (κ2) is 5.75. The van der Waals surface area contributed by atoms with Crippen LogP contribution in [-0.2, 0) is 6.42 Å². The minimum atomic E-state index is 0.420. The van der Waals surface area contributed by atoms with Crippen LogP contribution in [0.2, 0.25) is 0 Å². The van der Waals surface area contributed by atoms with E-state index in [4.69, 9.17) is 5.73 Å². The van der Waals surface area contributed by atoms with Crippen molar-refractivity contribution in [1.82, 2.24) is 5.32 Å². The number of hydrogen-bond acceptors (Lipinski definition) is 3. The second-order valence-electron chi connectivity index (χ2n) is 3.05. The fraction of sp³-hybridized carbons (Fsp3) is 0.556. The molecule has 0 aromatic carbocycles. The van der Waals surface area contributed by atoms with Gasteiger partial charge in [0.1, 0.15) is 0 Å². The summed E-state index contributed by atoms with van der Waals surface area (Å²) in [6.07, 6.45) is 1.08. The van der Waals surface area contributed by atoms with Gasteiger partial charge in [0, 0.05) is 24.0 Å². The molecule has 0 aliphatic rings. The van der Waals surface area contributed by atoms with Crippen molar-refractivity contribution in [2.45, 2.75) is 19.4 Å². The Bertz CT molecular complexity index is 250. The van der Waals surface area contributed by atoms with E-state index < -0.39 is 0 Å². The van der Waals surface area contributed by atoms with Crippen LogP contribution in [-0.4, -0.2) is 19.1 Å². The first-order valence-electron chi connectivity index (χ1n) is 4.40. The third-order valence-electron chi connectivity index (χ3n) is 1.85. The van der Waals surface area contributed by atoms with Gasteiger partial charge in [0.2, 0.25) is 0 Å². The fourth-order valence-corrected chi connectivity index (χ4v) is 2.49. The summed E-state index contributed by atoms with van der Waals surface area (Å²) in [6.45, 7) is 3.81. The number of rotatable bonds is 5. The maximum Gasteiger partial charge on any atom is 0.0701 e. The van der Waals surface area contributed by atoms with Crippen molar-refractivity contribution in [1.29, 1.82) is 0 Å². The summed E-state index contributed by atoms with van der Waals surface area (Å²) in [6, 6.07) is 4.67. The molecule has 0 aliphatic carbocycles. The Morgan fingerprint density at radius 2 is 2.38 bits per heavy atom. The van der Waals surface area contributed by atoms with E-state index >= 15 is 0 Å². The van der Waals surface area contributed by atoms with Gasteiger partial charge in [-0.1, -0.05) is 0 Å². The van der Waals surface area contributed by atoms with Gasteiger partial charge in [0.25, 0.3) is 0 Å². The molecule has 0 amide bonds. The monoisotopic (exact) mass is 262 g/mol. The van der Waals surface area contributed by atoms with Crippen LogP contribution in [0, 0.1) is 0 Å². The minimum Gasteiger partial charge on any atom is -0.329 e. The van der Waals surface area contributed by atoms with Gasteiger partial charge in [-0.2, -0.15) is 0 Å². The third-order valence-corrected chi connectivity index (χ3v) is 3.53. The van der Waals surface area contributed by atoms with E-state index in [2.05, 4.69) is 40.3 Å². The van der Waals surface area contributed by atoms with E-state index in [-0.39, 0.29) is 0 Å². The number of thiophene rings is 1. The van der Waals surface area contributed by atoms with Gasteiger partial charge < -0.3 is 11.1 Å². The zero-order valence-corrected chi connectivity index (χ0v) is 10.1. The molecule has 0 saturated carbocycles. The highest BCUT2D eigenvalue weighted by Gasteiger charge is 1.99. The van der Waals surface area contributed by atoms with Crippen LogP contribution in [0.5, 0.6) is 0 Å². The molecule has 1 unspecified atom stereocenters. The average molecular weight is 263 g/mol. The Labute approximate surface area is 91.7 Å². The van der Waals surface area contributed by atoms with E-state index in [1.807, 2.05) is 0 Å². The highest BCUT2D eigenvalue weighted by Crippen LogP contribution is 2.21. The minimum absolute atomic E-state index is 0.420. The van der Waals surface area contributed by atoms with E-state index in [9.17, 15) is 0 Å². The zero-order valence-electron chi connectivity index (χ0n) is 7.72. The number of hydrogen-bond donors (Lipinski definition) is 2. The van der Waals surface area contributed by atoms with E-state index in [0.717, 1.165) is 13.0 Å². The molecule has 0 spiro atoms. The lowest BCUT2D eigenvalue weighted by molar-refractivity contribution is 0.560. The summed E-state index contributed by atoms with van der Waals surface area (Å²) in [7, 11) is 0. The highest BCUT2D eigenvalue weighted by molar-refractivity contribution is 9.11. The van der Waals surface area contributed by atoms with Gasteiger partial charge in [0.05, 0.1) is 3.79 Å². The van der Waals surface area contributed by atoms with Crippen molar-refractivity contribution in [3.05, 3.63) is 20.8 Å². The van der Waals surface area contributed by atoms with Crippen LogP contribution in [0.1, 0.15) is 11.8 Å². The summed E-state index contributed by atoms with van der Waals surface area (Å²) >= 11 is 5.24. The lowest BCUT2D eigenvalue weighted by Gasteiger charge is -2.09. The van der Waals surface area contributed by atoms with Crippen LogP contribution >= 0.6 is 27.3 Å². The smallest absolute Gasteiger partial charge is 0.0701 e. The molecule has 2 nitrogen and oxygen atoms in total. The molecule has 3 N–H and O–H groups in total. The van der Waals surface area contributed by atoms with Crippen LogP contribution < -0.4 is 11.1 Å². The molecule has 1 heterocycles. The largest absolute Gasteiger partial charge is 0.329 e. The van der Waals surface area contributed by atoms with Gasteiger partial charge in [-0.15, -0.1) is 11.3 Å². The van der Waals surface area contributed by atoms with Crippen molar-refractivity contribution in [2.75, 3.05) is 13.1 Å². The van der Waals surface area contributed by atoms with Crippen molar-refractivity contribution < 1.29 is 0 Å². The molecule has 0 radical (unpaired) electrons.